The molecule has 1 aliphatic carbocycles. The fourth-order valence-corrected chi connectivity index (χ4v) is 7.03. The zero-order chi connectivity index (χ0) is 32.1. The van der Waals surface area contributed by atoms with Crippen molar-refractivity contribution in [1.29, 1.82) is 0 Å². The largest absolute Gasteiger partial charge is 0.248 e. The van der Waals surface area contributed by atoms with Crippen LogP contribution in [0.25, 0.3) is 68.4 Å². The Hall–Kier alpha value is -5.60. The van der Waals surface area contributed by atoms with Crippen LogP contribution in [-0.4, -0.2) is 9.97 Å². The van der Waals surface area contributed by atoms with Gasteiger partial charge in [-0.05, 0) is 112 Å². The van der Waals surface area contributed by atoms with Crippen LogP contribution < -0.4 is 0 Å². The molecular formula is C45H36N2. The third-order valence-electron chi connectivity index (χ3n) is 9.69. The lowest BCUT2D eigenvalue weighted by Gasteiger charge is -2.22. The van der Waals surface area contributed by atoms with E-state index >= 15 is 0 Å². The minimum Gasteiger partial charge on any atom is -0.248 e. The van der Waals surface area contributed by atoms with Crippen LogP contribution in [0.4, 0.5) is 0 Å². The van der Waals surface area contributed by atoms with Gasteiger partial charge in [0, 0.05) is 16.2 Å². The maximum absolute atomic E-state index is 4.91. The molecule has 8 rings (SSSR count). The molecule has 0 amide bonds. The van der Waals surface area contributed by atoms with Crippen LogP contribution in [0.3, 0.4) is 0 Å². The van der Waals surface area contributed by atoms with E-state index in [9.17, 15) is 0 Å². The molecular weight excluding hydrogens is 569 g/mol. The van der Waals surface area contributed by atoms with Gasteiger partial charge < -0.3 is 0 Å². The number of fused-ring (bicyclic) bond motifs is 5. The Labute approximate surface area is 276 Å². The molecule has 0 N–H and O–H groups in total. The van der Waals surface area contributed by atoms with E-state index in [4.69, 9.17) is 9.97 Å². The Balaban J connectivity index is 1.24. The molecule has 5 aromatic carbocycles. The third kappa shape index (κ3) is 5.26. The molecule has 0 spiro atoms. The van der Waals surface area contributed by atoms with Crippen molar-refractivity contribution < 1.29 is 0 Å². The van der Waals surface area contributed by atoms with Gasteiger partial charge in [0.25, 0.3) is 0 Å². The predicted octanol–water partition coefficient (Wildman–Crippen LogP) is 11.7. The smallest absolute Gasteiger partial charge is 0.0709 e. The Bertz CT molecular complexity index is 2410. The number of para-hydroxylation sites is 2. The SMILES string of the molecule is Cc1ccc2c(c1)C(C)(C)c1cc(-c3cc(/C=C/c4ccc5ccccc5n4)c(C)cc3/C=C/c3ccc4ccccc4n3)ccc1-2. The van der Waals surface area contributed by atoms with Crippen molar-refractivity contribution in [3.05, 3.63) is 166 Å². The fourth-order valence-electron chi connectivity index (χ4n) is 7.03. The van der Waals surface area contributed by atoms with Crippen molar-refractivity contribution in [2.45, 2.75) is 33.1 Å². The van der Waals surface area contributed by atoms with Gasteiger partial charge in [-0.1, -0.05) is 116 Å². The predicted molar refractivity (Wildman–Crippen MR) is 200 cm³/mol. The van der Waals surface area contributed by atoms with E-state index in [2.05, 4.69) is 161 Å². The molecule has 2 nitrogen and oxygen atoms in total. The highest BCUT2D eigenvalue weighted by Gasteiger charge is 2.35. The van der Waals surface area contributed by atoms with Crippen LogP contribution in [0.5, 0.6) is 0 Å². The maximum atomic E-state index is 4.91. The summed E-state index contributed by atoms with van der Waals surface area (Å²) in [5, 5.41) is 2.30. The number of hydrogen-bond donors (Lipinski definition) is 0. The van der Waals surface area contributed by atoms with E-state index < -0.39 is 0 Å². The lowest BCUT2D eigenvalue weighted by Crippen LogP contribution is -2.15. The summed E-state index contributed by atoms with van der Waals surface area (Å²) < 4.78 is 0. The topological polar surface area (TPSA) is 25.8 Å². The molecule has 0 saturated carbocycles. The number of rotatable bonds is 5. The molecule has 1 aliphatic rings. The first kappa shape index (κ1) is 28.8. The molecule has 0 atom stereocenters. The fraction of sp³-hybridized carbons (Fsp3) is 0.111. The third-order valence-corrected chi connectivity index (χ3v) is 9.69. The number of aryl methyl sites for hydroxylation is 2. The van der Waals surface area contributed by atoms with Crippen molar-refractivity contribution in [2.24, 2.45) is 0 Å². The maximum Gasteiger partial charge on any atom is 0.0709 e. The standard InChI is InChI=1S/C45H36N2/c1-29-13-23-38-39-24-18-35(28-42(39)45(3,4)41(38)25-29)40-27-33(16-21-36-19-14-31-9-5-7-11-43(31)46-36)30(2)26-34(40)17-22-37-20-15-32-10-6-8-12-44(32)47-37/h5-28H,1-4H3/b21-16+,22-17+. The minimum absolute atomic E-state index is 0.0765. The van der Waals surface area contributed by atoms with Crippen molar-refractivity contribution in [2.75, 3.05) is 0 Å². The molecule has 2 aromatic heterocycles. The quantitative estimate of drug-likeness (QED) is 0.195. The molecule has 7 aromatic rings. The second kappa shape index (κ2) is 11.3. The molecule has 47 heavy (non-hydrogen) atoms. The molecule has 0 radical (unpaired) electrons. The minimum atomic E-state index is -0.0765. The number of benzene rings is 5. The van der Waals surface area contributed by atoms with Crippen LogP contribution in [-0.2, 0) is 5.41 Å². The van der Waals surface area contributed by atoms with Crippen LogP contribution >= 0.6 is 0 Å². The van der Waals surface area contributed by atoms with Crippen molar-refractivity contribution in [3.63, 3.8) is 0 Å². The van der Waals surface area contributed by atoms with Crippen LogP contribution in [0.1, 0.15) is 58.6 Å². The van der Waals surface area contributed by atoms with E-state index in [0.717, 1.165) is 33.2 Å². The first-order valence-corrected chi connectivity index (χ1v) is 16.3. The molecule has 2 heterocycles. The summed E-state index contributed by atoms with van der Waals surface area (Å²) >= 11 is 0. The van der Waals surface area contributed by atoms with Gasteiger partial charge in [0.15, 0.2) is 0 Å². The molecule has 0 bridgehead atoms. The summed E-state index contributed by atoms with van der Waals surface area (Å²) in [5.74, 6) is 0. The number of hydrogen-bond acceptors (Lipinski definition) is 2. The molecule has 0 unspecified atom stereocenters. The first-order chi connectivity index (χ1) is 22.8. The van der Waals surface area contributed by atoms with Crippen LogP contribution in [0, 0.1) is 13.8 Å². The highest BCUT2D eigenvalue weighted by molar-refractivity contribution is 5.89. The van der Waals surface area contributed by atoms with Gasteiger partial charge in [0.2, 0.25) is 0 Å². The van der Waals surface area contributed by atoms with Crippen LogP contribution in [0.2, 0.25) is 0 Å². The first-order valence-electron chi connectivity index (χ1n) is 16.3. The Kier molecular flexibility index (Phi) is 6.95. The Morgan fingerprint density at radius 3 is 1.72 bits per heavy atom. The van der Waals surface area contributed by atoms with Gasteiger partial charge in [-0.25, -0.2) is 9.97 Å². The second-order valence-corrected chi connectivity index (χ2v) is 13.3. The molecule has 0 saturated heterocycles. The molecule has 0 fully saturated rings. The van der Waals surface area contributed by atoms with Crippen molar-refractivity contribution in [3.8, 4) is 22.3 Å². The van der Waals surface area contributed by atoms with Gasteiger partial charge >= 0.3 is 0 Å². The van der Waals surface area contributed by atoms with E-state index in [1.54, 1.807) is 0 Å². The highest BCUT2D eigenvalue weighted by atomic mass is 14.7. The van der Waals surface area contributed by atoms with Gasteiger partial charge in [0.1, 0.15) is 0 Å². The zero-order valence-corrected chi connectivity index (χ0v) is 27.3. The zero-order valence-electron chi connectivity index (χ0n) is 27.3. The summed E-state index contributed by atoms with van der Waals surface area (Å²) in [6, 6.07) is 43.5. The molecule has 226 valence electrons. The Morgan fingerprint density at radius 1 is 0.489 bits per heavy atom. The molecule has 2 heteroatoms. The highest BCUT2D eigenvalue weighted by Crippen LogP contribution is 2.50. The summed E-state index contributed by atoms with van der Waals surface area (Å²) in [4.78, 5) is 9.79. The van der Waals surface area contributed by atoms with Crippen LogP contribution in [0.15, 0.2) is 121 Å². The van der Waals surface area contributed by atoms with E-state index in [-0.39, 0.29) is 5.41 Å². The second-order valence-electron chi connectivity index (χ2n) is 13.3. The summed E-state index contributed by atoms with van der Waals surface area (Å²) in [5.41, 5.74) is 16.6. The number of aromatic nitrogens is 2. The molecule has 0 aliphatic heterocycles. The van der Waals surface area contributed by atoms with Crippen molar-refractivity contribution in [1.82, 2.24) is 9.97 Å². The van der Waals surface area contributed by atoms with E-state index in [0.29, 0.717) is 0 Å². The lowest BCUT2D eigenvalue weighted by atomic mass is 9.81. The number of pyridine rings is 2. The Morgan fingerprint density at radius 2 is 1.06 bits per heavy atom. The lowest BCUT2D eigenvalue weighted by molar-refractivity contribution is 0.660. The van der Waals surface area contributed by atoms with Gasteiger partial charge in [0.05, 0.1) is 22.4 Å². The normalized spacial score (nSPS) is 13.5. The van der Waals surface area contributed by atoms with E-state index in [1.165, 1.54) is 55.6 Å². The average Bonchev–Trinajstić information content (AvgIpc) is 3.31. The monoisotopic (exact) mass is 604 g/mol. The number of nitrogens with zero attached hydrogens (tertiary/aromatic N) is 2. The average molecular weight is 605 g/mol. The van der Waals surface area contributed by atoms with Gasteiger partial charge in [-0.15, -0.1) is 0 Å². The summed E-state index contributed by atoms with van der Waals surface area (Å²) in [6.07, 6.45) is 8.67. The van der Waals surface area contributed by atoms with Gasteiger partial charge in [-0.2, -0.15) is 0 Å². The summed E-state index contributed by atoms with van der Waals surface area (Å²) in [6.45, 7) is 9.08. The van der Waals surface area contributed by atoms with E-state index in [1.807, 2.05) is 12.1 Å². The van der Waals surface area contributed by atoms with Crippen molar-refractivity contribution >= 4 is 46.1 Å². The summed E-state index contributed by atoms with van der Waals surface area (Å²) in [7, 11) is 0. The van der Waals surface area contributed by atoms with Gasteiger partial charge in [-0.3, -0.25) is 0 Å².